The van der Waals surface area contributed by atoms with Gasteiger partial charge in [-0.1, -0.05) is 48.5 Å². The number of ether oxygens (including phenoxy) is 2. The standard InChI is InChI=1S/C34H27N5O10S2.2Na/c1-48-27-15-19(20-8-12-24(28(16-20)49-2)37-39-33-21-6-4-3-5-18(21)9-14-26(33)40)7-11-23(27)36-38-25-13-10-22-29(50(42,43)44)17-30(51(45,46)47)32(35)31(22)34(25)41;;/h3-17,40-41H,35H2,1-2H3,(H,42,43,44)(H,45,46,47);;. The molecule has 0 atom stereocenters. The Kier molecular flexibility index (Phi) is 12.9. The van der Waals surface area contributed by atoms with Crippen molar-refractivity contribution in [1.29, 1.82) is 0 Å². The number of rotatable bonds is 9. The number of methoxy groups -OCH3 is 2. The maximum Gasteiger partial charge on any atom is 0.296 e. The van der Waals surface area contributed by atoms with E-state index in [-0.39, 0.29) is 87.4 Å². The molecule has 0 saturated carbocycles. The first-order chi connectivity index (χ1) is 24.2. The van der Waals surface area contributed by atoms with Crippen LogP contribution in [0, 0.1) is 0 Å². The van der Waals surface area contributed by atoms with Crippen LogP contribution in [0.2, 0.25) is 0 Å². The monoisotopic (exact) mass is 775 g/mol. The van der Waals surface area contributed by atoms with E-state index >= 15 is 0 Å². The molecule has 262 valence electrons. The zero-order valence-corrected chi connectivity index (χ0v) is 34.2. The molecule has 6 rings (SSSR count). The zero-order chi connectivity index (χ0) is 36.7. The Morgan fingerprint density at radius 1 is 0.604 bits per heavy atom. The summed E-state index contributed by atoms with van der Waals surface area (Å²) in [7, 11) is -7.19. The van der Waals surface area contributed by atoms with E-state index in [1.165, 1.54) is 20.3 Å². The number of azo groups is 2. The average Bonchev–Trinajstić information content (AvgIpc) is 3.09. The van der Waals surface area contributed by atoms with E-state index in [2.05, 4.69) is 20.5 Å². The molecule has 0 aromatic heterocycles. The molecule has 0 amide bonds. The SMILES string of the molecule is COc1cc(-c2ccc(N=Nc3c(O)ccc4ccccc34)c(OC)c2)ccc1N=Nc1ccc2c(S(=O)(=O)O)cc(S(=O)(=O)O)c(N)c2c1O.[Na].[Na]. The average molecular weight is 776 g/mol. The number of fused-ring (bicyclic) bond motifs is 2. The number of hydrogen-bond acceptors (Lipinski definition) is 13. The summed E-state index contributed by atoms with van der Waals surface area (Å²) < 4.78 is 78.2. The summed E-state index contributed by atoms with van der Waals surface area (Å²) in [5, 5.41) is 39.0. The number of nitrogens with zero attached hydrogens (tertiary/aromatic N) is 4. The van der Waals surface area contributed by atoms with E-state index in [1.807, 2.05) is 24.3 Å². The van der Waals surface area contributed by atoms with Crippen LogP contribution in [0.15, 0.2) is 121 Å². The van der Waals surface area contributed by atoms with Gasteiger partial charge in [-0.2, -0.15) is 16.8 Å². The smallest absolute Gasteiger partial charge is 0.296 e. The number of phenolic OH excluding ortho intramolecular Hbond substituents is 2. The first kappa shape index (κ1) is 41.6. The normalized spacial score (nSPS) is 11.8. The van der Waals surface area contributed by atoms with Gasteiger partial charge >= 0.3 is 0 Å². The van der Waals surface area contributed by atoms with Crippen LogP contribution < -0.4 is 15.2 Å². The van der Waals surface area contributed by atoms with Crippen molar-refractivity contribution < 1.29 is 45.6 Å². The van der Waals surface area contributed by atoms with E-state index in [0.717, 1.165) is 16.8 Å². The van der Waals surface area contributed by atoms with Crippen molar-refractivity contribution >= 4 is 129 Å². The summed E-state index contributed by atoms with van der Waals surface area (Å²) in [4.78, 5) is -1.95. The van der Waals surface area contributed by atoms with Crippen LogP contribution in [0.3, 0.4) is 0 Å². The van der Waals surface area contributed by atoms with E-state index in [9.17, 15) is 36.2 Å². The molecular weight excluding hydrogens is 749 g/mol. The molecule has 0 unspecified atom stereocenters. The summed E-state index contributed by atoms with van der Waals surface area (Å²) in [6.07, 6.45) is 0. The molecule has 0 fully saturated rings. The number of nitrogens with two attached hydrogens (primary N) is 1. The fourth-order valence-electron chi connectivity index (χ4n) is 5.40. The van der Waals surface area contributed by atoms with Gasteiger partial charge in [-0.3, -0.25) is 9.11 Å². The first-order valence-electron chi connectivity index (χ1n) is 14.6. The van der Waals surface area contributed by atoms with Crippen LogP contribution >= 0.6 is 0 Å². The minimum Gasteiger partial charge on any atom is -0.506 e. The number of nitrogen functional groups attached to an aromatic ring is 1. The third-order valence-corrected chi connectivity index (χ3v) is 9.66. The van der Waals surface area contributed by atoms with Crippen molar-refractivity contribution in [2.24, 2.45) is 20.5 Å². The van der Waals surface area contributed by atoms with Gasteiger partial charge in [0.15, 0.2) is 5.75 Å². The van der Waals surface area contributed by atoms with Gasteiger partial charge in [0.05, 0.1) is 25.3 Å². The predicted octanol–water partition coefficient (Wildman–Crippen LogP) is 7.23. The van der Waals surface area contributed by atoms with Crippen LogP contribution in [-0.4, -0.2) is 109 Å². The molecule has 0 heterocycles. The van der Waals surface area contributed by atoms with Crippen LogP contribution in [0.5, 0.6) is 23.0 Å². The number of hydrogen-bond donors (Lipinski definition) is 5. The van der Waals surface area contributed by atoms with Gasteiger partial charge in [-0.15, -0.1) is 20.5 Å². The summed E-state index contributed by atoms with van der Waals surface area (Å²) in [5.41, 5.74) is 7.34. The Bertz CT molecular complexity index is 2680. The number of benzene rings is 6. The number of phenols is 2. The van der Waals surface area contributed by atoms with Gasteiger partial charge in [0.2, 0.25) is 0 Å². The van der Waals surface area contributed by atoms with Gasteiger partial charge in [0.1, 0.15) is 49.8 Å². The quantitative estimate of drug-likeness (QED) is 0.0424. The summed E-state index contributed by atoms with van der Waals surface area (Å²) >= 11 is 0. The van der Waals surface area contributed by atoms with Crippen molar-refractivity contribution in [3.63, 3.8) is 0 Å². The summed E-state index contributed by atoms with van der Waals surface area (Å²) in [5.74, 6) is -0.110. The molecule has 15 nitrogen and oxygen atoms in total. The van der Waals surface area contributed by atoms with Crippen molar-refractivity contribution in [3.8, 4) is 34.1 Å². The molecule has 53 heavy (non-hydrogen) atoms. The van der Waals surface area contributed by atoms with Crippen molar-refractivity contribution in [1.82, 2.24) is 0 Å². The second kappa shape index (κ2) is 16.5. The Balaban J connectivity index is 0.00000314. The molecule has 0 aliphatic rings. The molecule has 2 radical (unpaired) electrons. The third kappa shape index (κ3) is 8.49. The maximum absolute atomic E-state index is 12.0. The van der Waals surface area contributed by atoms with Crippen LogP contribution in [0.1, 0.15) is 0 Å². The van der Waals surface area contributed by atoms with Gasteiger partial charge in [0.25, 0.3) is 20.2 Å². The Labute approximate surface area is 347 Å². The minimum absolute atomic E-state index is 0. The molecule has 19 heteroatoms. The topological polar surface area (TPSA) is 243 Å². The summed E-state index contributed by atoms with van der Waals surface area (Å²) in [6.45, 7) is 0. The molecule has 0 bridgehead atoms. The van der Waals surface area contributed by atoms with Crippen molar-refractivity contribution in [2.45, 2.75) is 9.79 Å². The van der Waals surface area contributed by atoms with E-state index in [1.54, 1.807) is 48.5 Å². The van der Waals surface area contributed by atoms with Crippen LogP contribution in [0.4, 0.5) is 28.4 Å². The fraction of sp³-hybridized carbons (Fsp3) is 0.0588. The fourth-order valence-corrected chi connectivity index (χ4v) is 6.84. The van der Waals surface area contributed by atoms with E-state index < -0.39 is 46.9 Å². The van der Waals surface area contributed by atoms with Gasteiger partial charge in [-0.25, -0.2) is 0 Å². The molecule has 6 N–H and O–H groups in total. The Morgan fingerprint density at radius 2 is 1.13 bits per heavy atom. The minimum atomic E-state index is -5.07. The largest absolute Gasteiger partial charge is 0.506 e. The van der Waals surface area contributed by atoms with Crippen LogP contribution in [-0.2, 0) is 20.2 Å². The van der Waals surface area contributed by atoms with Gasteiger partial charge in [-0.05, 0) is 59.0 Å². The number of anilines is 1. The van der Waals surface area contributed by atoms with Crippen LogP contribution in [0.25, 0.3) is 32.7 Å². The third-order valence-electron chi connectivity index (χ3n) is 7.87. The van der Waals surface area contributed by atoms with Crippen molar-refractivity contribution in [2.75, 3.05) is 20.0 Å². The molecule has 0 spiro atoms. The molecule has 0 aliphatic carbocycles. The maximum atomic E-state index is 12.0. The molecule has 0 saturated heterocycles. The molecule has 6 aromatic rings. The van der Waals surface area contributed by atoms with E-state index in [4.69, 9.17) is 15.2 Å². The Morgan fingerprint density at radius 3 is 1.70 bits per heavy atom. The molecule has 6 aromatic carbocycles. The summed E-state index contributed by atoms with van der Waals surface area (Å²) in [6, 6.07) is 23.8. The predicted molar refractivity (Wildman–Crippen MR) is 200 cm³/mol. The zero-order valence-electron chi connectivity index (χ0n) is 28.6. The second-order valence-electron chi connectivity index (χ2n) is 10.9. The number of aromatic hydroxyl groups is 2. The van der Waals surface area contributed by atoms with Gasteiger partial charge in [0, 0.05) is 69.9 Å². The second-order valence-corrected chi connectivity index (χ2v) is 13.7. The Hall–Kier alpha value is -4.14. The molecular formula is C34H27N5Na2O10S2. The first-order valence-corrected chi connectivity index (χ1v) is 17.5. The van der Waals surface area contributed by atoms with Gasteiger partial charge < -0.3 is 25.4 Å². The van der Waals surface area contributed by atoms with Crippen molar-refractivity contribution in [3.05, 3.63) is 91.0 Å². The molecule has 0 aliphatic heterocycles. The van der Waals surface area contributed by atoms with E-state index in [0.29, 0.717) is 34.3 Å².